The van der Waals surface area contributed by atoms with Gasteiger partial charge < -0.3 is 15.2 Å². The van der Waals surface area contributed by atoms with Crippen LogP contribution in [0.3, 0.4) is 0 Å². The van der Waals surface area contributed by atoms with Crippen molar-refractivity contribution >= 4 is 28.9 Å². The Labute approximate surface area is 128 Å². The molecule has 0 bridgehead atoms. The fourth-order valence-electron chi connectivity index (χ4n) is 1.80. The van der Waals surface area contributed by atoms with Crippen LogP contribution in [0.1, 0.15) is 12.5 Å². The minimum absolute atomic E-state index is 0.140. The lowest BCUT2D eigenvalue weighted by molar-refractivity contribution is 0.318. The van der Waals surface area contributed by atoms with Crippen molar-refractivity contribution in [3.63, 3.8) is 0 Å². The molecule has 3 nitrogen and oxygen atoms in total. The van der Waals surface area contributed by atoms with Crippen LogP contribution in [0.2, 0.25) is 10.0 Å². The third-order valence-corrected chi connectivity index (χ3v) is 3.12. The quantitative estimate of drug-likeness (QED) is 0.840. The number of rotatable bonds is 5. The molecule has 0 saturated carbocycles. The van der Waals surface area contributed by atoms with Crippen molar-refractivity contribution in [3.05, 3.63) is 52.0 Å². The Bertz CT molecular complexity index is 582. The Hall–Kier alpha value is -1.58. The molecule has 0 atom stereocenters. The molecule has 0 aliphatic rings. The van der Waals surface area contributed by atoms with Crippen LogP contribution < -0.4 is 10.1 Å². The van der Waals surface area contributed by atoms with E-state index in [0.29, 0.717) is 28.9 Å². The smallest absolute Gasteiger partial charge is 0.161 e. The van der Waals surface area contributed by atoms with Gasteiger partial charge in [0.25, 0.3) is 0 Å². The summed E-state index contributed by atoms with van der Waals surface area (Å²) in [5, 5.41) is 14.0. The number of anilines is 1. The molecular weight excluding hydrogens is 297 g/mol. The molecule has 5 heteroatoms. The number of aromatic hydroxyl groups is 1. The van der Waals surface area contributed by atoms with E-state index in [9.17, 15) is 5.11 Å². The monoisotopic (exact) mass is 311 g/mol. The molecular formula is C15H15Cl2NO2. The van der Waals surface area contributed by atoms with Crippen molar-refractivity contribution in [2.24, 2.45) is 0 Å². The second-order valence-corrected chi connectivity index (χ2v) is 5.12. The van der Waals surface area contributed by atoms with Crippen LogP contribution in [-0.2, 0) is 6.54 Å². The van der Waals surface area contributed by atoms with Gasteiger partial charge in [-0.1, -0.05) is 29.3 Å². The zero-order chi connectivity index (χ0) is 14.5. The molecule has 0 aromatic heterocycles. The van der Waals surface area contributed by atoms with Crippen molar-refractivity contribution < 1.29 is 9.84 Å². The van der Waals surface area contributed by atoms with Gasteiger partial charge in [0.05, 0.1) is 6.61 Å². The summed E-state index contributed by atoms with van der Waals surface area (Å²) in [5.74, 6) is 0.623. The molecule has 0 aliphatic carbocycles. The van der Waals surface area contributed by atoms with Gasteiger partial charge in [0.2, 0.25) is 0 Å². The normalized spacial score (nSPS) is 10.3. The van der Waals surface area contributed by atoms with Gasteiger partial charge in [-0.2, -0.15) is 0 Å². The zero-order valence-corrected chi connectivity index (χ0v) is 12.5. The number of benzene rings is 2. The lowest BCUT2D eigenvalue weighted by Gasteiger charge is -2.10. The van der Waals surface area contributed by atoms with Crippen molar-refractivity contribution in [2.75, 3.05) is 11.9 Å². The van der Waals surface area contributed by atoms with Crippen LogP contribution in [0.15, 0.2) is 36.4 Å². The van der Waals surface area contributed by atoms with E-state index in [1.54, 1.807) is 30.3 Å². The molecule has 0 saturated heterocycles. The van der Waals surface area contributed by atoms with E-state index in [1.165, 1.54) is 0 Å². The van der Waals surface area contributed by atoms with Gasteiger partial charge in [-0.05, 0) is 42.8 Å². The van der Waals surface area contributed by atoms with Gasteiger partial charge in [0, 0.05) is 22.3 Å². The second kappa shape index (κ2) is 6.73. The number of nitrogens with one attached hydrogen (secondary N) is 1. The topological polar surface area (TPSA) is 41.5 Å². The van der Waals surface area contributed by atoms with Gasteiger partial charge >= 0.3 is 0 Å². The highest BCUT2D eigenvalue weighted by Gasteiger charge is 2.04. The van der Waals surface area contributed by atoms with Crippen LogP contribution >= 0.6 is 23.2 Å². The fourth-order valence-corrected chi connectivity index (χ4v) is 2.33. The molecule has 0 radical (unpaired) electrons. The maximum Gasteiger partial charge on any atom is 0.161 e. The van der Waals surface area contributed by atoms with E-state index in [0.717, 1.165) is 11.3 Å². The molecule has 20 heavy (non-hydrogen) atoms. The van der Waals surface area contributed by atoms with E-state index < -0.39 is 0 Å². The van der Waals surface area contributed by atoms with Gasteiger partial charge in [-0.25, -0.2) is 0 Å². The molecule has 0 amide bonds. The first-order chi connectivity index (χ1) is 9.58. The van der Waals surface area contributed by atoms with E-state index in [2.05, 4.69) is 5.32 Å². The number of ether oxygens (including phenoxy) is 1. The summed E-state index contributed by atoms with van der Waals surface area (Å²) in [4.78, 5) is 0. The second-order valence-electron chi connectivity index (χ2n) is 4.25. The molecule has 2 aromatic rings. The van der Waals surface area contributed by atoms with E-state index in [1.807, 2.05) is 13.0 Å². The van der Waals surface area contributed by atoms with E-state index in [-0.39, 0.29) is 5.75 Å². The largest absolute Gasteiger partial charge is 0.504 e. The molecule has 0 fully saturated rings. The number of hydrogen-bond acceptors (Lipinski definition) is 3. The molecule has 2 N–H and O–H groups in total. The average Bonchev–Trinajstić information content (AvgIpc) is 2.39. The summed E-state index contributed by atoms with van der Waals surface area (Å²) in [6, 6.07) is 10.5. The molecule has 0 spiro atoms. The summed E-state index contributed by atoms with van der Waals surface area (Å²) < 4.78 is 5.35. The Morgan fingerprint density at radius 1 is 1.10 bits per heavy atom. The van der Waals surface area contributed by atoms with Crippen molar-refractivity contribution in [3.8, 4) is 11.5 Å². The van der Waals surface area contributed by atoms with Gasteiger partial charge in [-0.3, -0.25) is 0 Å². The average molecular weight is 312 g/mol. The van der Waals surface area contributed by atoms with Crippen LogP contribution in [0, 0.1) is 0 Å². The zero-order valence-electron chi connectivity index (χ0n) is 11.0. The minimum atomic E-state index is 0.140. The molecule has 0 aliphatic heterocycles. The Morgan fingerprint density at radius 3 is 2.45 bits per heavy atom. The van der Waals surface area contributed by atoms with E-state index >= 15 is 0 Å². The molecule has 0 heterocycles. The summed E-state index contributed by atoms with van der Waals surface area (Å²) >= 11 is 11.9. The number of phenolic OH excluding ortho intramolecular Hbond substituents is 1. The van der Waals surface area contributed by atoms with Crippen LogP contribution in [0.5, 0.6) is 11.5 Å². The molecule has 2 aromatic carbocycles. The predicted molar refractivity (Wildman–Crippen MR) is 83.1 cm³/mol. The number of phenols is 1. The first kappa shape index (κ1) is 14.8. The highest BCUT2D eigenvalue weighted by molar-refractivity contribution is 6.35. The summed E-state index contributed by atoms with van der Waals surface area (Å²) in [6.45, 7) is 2.96. The highest BCUT2D eigenvalue weighted by atomic mass is 35.5. The Morgan fingerprint density at radius 2 is 1.80 bits per heavy atom. The number of hydrogen-bond donors (Lipinski definition) is 2. The number of halogens is 2. The molecule has 106 valence electrons. The van der Waals surface area contributed by atoms with Crippen molar-refractivity contribution in [2.45, 2.75) is 13.5 Å². The van der Waals surface area contributed by atoms with E-state index in [4.69, 9.17) is 27.9 Å². The van der Waals surface area contributed by atoms with Gasteiger partial charge in [0.1, 0.15) is 0 Å². The van der Waals surface area contributed by atoms with Crippen LogP contribution in [0.4, 0.5) is 5.69 Å². The SMILES string of the molecule is CCOc1cc(CNc2cc(Cl)cc(Cl)c2)ccc1O. The van der Waals surface area contributed by atoms with Gasteiger partial charge in [-0.15, -0.1) is 0 Å². The van der Waals surface area contributed by atoms with Crippen molar-refractivity contribution in [1.82, 2.24) is 0 Å². The first-order valence-corrected chi connectivity index (χ1v) is 6.98. The molecule has 2 rings (SSSR count). The lowest BCUT2D eigenvalue weighted by atomic mass is 10.2. The maximum atomic E-state index is 9.64. The van der Waals surface area contributed by atoms with Crippen LogP contribution in [-0.4, -0.2) is 11.7 Å². The third kappa shape index (κ3) is 3.95. The fraction of sp³-hybridized carbons (Fsp3) is 0.200. The highest BCUT2D eigenvalue weighted by Crippen LogP contribution is 2.28. The first-order valence-electron chi connectivity index (χ1n) is 6.23. The summed E-state index contributed by atoms with van der Waals surface area (Å²) in [7, 11) is 0. The maximum absolute atomic E-state index is 9.64. The standard InChI is InChI=1S/C15H15Cl2NO2/c1-2-20-15-5-10(3-4-14(15)19)9-18-13-7-11(16)6-12(17)8-13/h3-8,18-19H,2,9H2,1H3. The van der Waals surface area contributed by atoms with Crippen LogP contribution in [0.25, 0.3) is 0 Å². The Balaban J connectivity index is 2.08. The minimum Gasteiger partial charge on any atom is -0.504 e. The van der Waals surface area contributed by atoms with Crippen molar-refractivity contribution in [1.29, 1.82) is 0 Å². The summed E-state index contributed by atoms with van der Waals surface area (Å²) in [5.41, 5.74) is 1.83. The molecule has 0 unspecified atom stereocenters. The third-order valence-electron chi connectivity index (χ3n) is 2.68. The predicted octanol–water partition coefficient (Wildman–Crippen LogP) is 4.71. The Kier molecular flexibility index (Phi) is 4.99. The lowest BCUT2D eigenvalue weighted by Crippen LogP contribution is -2.00. The van der Waals surface area contributed by atoms with Gasteiger partial charge in [0.15, 0.2) is 11.5 Å². The summed E-state index contributed by atoms with van der Waals surface area (Å²) in [6.07, 6.45) is 0.